The van der Waals surface area contributed by atoms with Crippen LogP contribution in [0.25, 0.3) is 0 Å². The number of ether oxygens (including phenoxy) is 1. The second kappa shape index (κ2) is 7.07. The molecule has 2 atom stereocenters. The molecule has 2 unspecified atom stereocenters. The van der Waals surface area contributed by atoms with Crippen molar-refractivity contribution in [1.29, 1.82) is 0 Å². The van der Waals surface area contributed by atoms with Crippen LogP contribution in [0.15, 0.2) is 48.5 Å². The highest BCUT2D eigenvalue weighted by Gasteiger charge is 2.17. The van der Waals surface area contributed by atoms with Gasteiger partial charge >= 0.3 is 0 Å². The minimum atomic E-state index is -0.654. The SMILES string of the molecule is Cc1ccc(C(C)NC(=O)C(C)Oc2ccc(F)cc2)cc1. The van der Waals surface area contributed by atoms with Crippen LogP contribution in [0.3, 0.4) is 0 Å². The summed E-state index contributed by atoms with van der Waals surface area (Å²) in [6.45, 7) is 5.61. The molecule has 116 valence electrons. The zero-order chi connectivity index (χ0) is 16.1. The fraction of sp³-hybridized carbons (Fsp3) is 0.278. The first-order chi connectivity index (χ1) is 10.5. The van der Waals surface area contributed by atoms with Gasteiger partial charge in [0, 0.05) is 0 Å². The van der Waals surface area contributed by atoms with Crippen LogP contribution in [0, 0.1) is 12.7 Å². The third kappa shape index (κ3) is 4.32. The van der Waals surface area contributed by atoms with E-state index in [1.54, 1.807) is 6.92 Å². The Bertz CT molecular complexity index is 623. The van der Waals surface area contributed by atoms with Gasteiger partial charge < -0.3 is 10.1 Å². The molecule has 0 aliphatic carbocycles. The predicted molar refractivity (Wildman–Crippen MR) is 84.2 cm³/mol. The first-order valence-corrected chi connectivity index (χ1v) is 7.25. The Kier molecular flexibility index (Phi) is 5.15. The van der Waals surface area contributed by atoms with Crippen molar-refractivity contribution < 1.29 is 13.9 Å². The van der Waals surface area contributed by atoms with Crippen LogP contribution in [0.5, 0.6) is 5.75 Å². The van der Waals surface area contributed by atoms with Crippen molar-refractivity contribution in [2.45, 2.75) is 32.9 Å². The van der Waals surface area contributed by atoms with Gasteiger partial charge in [-0.15, -0.1) is 0 Å². The van der Waals surface area contributed by atoms with E-state index in [1.165, 1.54) is 29.8 Å². The summed E-state index contributed by atoms with van der Waals surface area (Å²) in [5.74, 6) is -0.0816. The molecule has 0 saturated carbocycles. The van der Waals surface area contributed by atoms with Crippen LogP contribution < -0.4 is 10.1 Å². The summed E-state index contributed by atoms with van der Waals surface area (Å²) in [7, 11) is 0. The van der Waals surface area contributed by atoms with Gasteiger partial charge in [0.1, 0.15) is 11.6 Å². The van der Waals surface area contributed by atoms with Gasteiger partial charge in [0.25, 0.3) is 5.91 Å². The summed E-state index contributed by atoms with van der Waals surface area (Å²) < 4.78 is 18.3. The molecule has 0 aliphatic rings. The monoisotopic (exact) mass is 301 g/mol. The smallest absolute Gasteiger partial charge is 0.261 e. The largest absolute Gasteiger partial charge is 0.481 e. The van der Waals surface area contributed by atoms with Crippen LogP contribution >= 0.6 is 0 Å². The lowest BCUT2D eigenvalue weighted by Gasteiger charge is -2.19. The number of aryl methyl sites for hydroxylation is 1. The van der Waals surface area contributed by atoms with Crippen molar-refractivity contribution in [1.82, 2.24) is 5.32 Å². The van der Waals surface area contributed by atoms with Crippen molar-refractivity contribution in [2.24, 2.45) is 0 Å². The van der Waals surface area contributed by atoms with E-state index in [-0.39, 0.29) is 17.8 Å². The zero-order valence-corrected chi connectivity index (χ0v) is 13.0. The van der Waals surface area contributed by atoms with Gasteiger partial charge in [0.15, 0.2) is 6.10 Å². The molecule has 3 nitrogen and oxygen atoms in total. The molecule has 0 heterocycles. The van der Waals surface area contributed by atoms with E-state index in [0.717, 1.165) is 5.56 Å². The normalized spacial score (nSPS) is 13.3. The minimum Gasteiger partial charge on any atom is -0.481 e. The van der Waals surface area contributed by atoms with Gasteiger partial charge in [-0.2, -0.15) is 0 Å². The molecule has 0 radical (unpaired) electrons. The Morgan fingerprint density at radius 2 is 1.64 bits per heavy atom. The zero-order valence-electron chi connectivity index (χ0n) is 13.0. The molecule has 1 amide bonds. The summed E-state index contributed by atoms with van der Waals surface area (Å²) in [5.41, 5.74) is 2.21. The van der Waals surface area contributed by atoms with Crippen molar-refractivity contribution in [3.8, 4) is 5.75 Å². The minimum absolute atomic E-state index is 0.104. The van der Waals surface area contributed by atoms with Crippen molar-refractivity contribution in [2.75, 3.05) is 0 Å². The van der Waals surface area contributed by atoms with Crippen LogP contribution in [-0.2, 0) is 4.79 Å². The second-order valence-electron chi connectivity index (χ2n) is 5.35. The highest BCUT2D eigenvalue weighted by Crippen LogP contribution is 2.15. The maximum absolute atomic E-state index is 12.8. The number of hydrogen-bond donors (Lipinski definition) is 1. The summed E-state index contributed by atoms with van der Waals surface area (Å²) in [5, 5.41) is 2.91. The number of benzene rings is 2. The Hall–Kier alpha value is -2.36. The van der Waals surface area contributed by atoms with Crippen LogP contribution in [0.4, 0.5) is 4.39 Å². The molecule has 0 fully saturated rings. The molecule has 1 N–H and O–H groups in total. The number of hydrogen-bond acceptors (Lipinski definition) is 2. The van der Waals surface area contributed by atoms with E-state index in [9.17, 15) is 9.18 Å². The summed E-state index contributed by atoms with van der Waals surface area (Å²) >= 11 is 0. The van der Waals surface area contributed by atoms with E-state index < -0.39 is 6.10 Å². The quantitative estimate of drug-likeness (QED) is 0.912. The maximum atomic E-state index is 12.8. The predicted octanol–water partition coefficient (Wildman–Crippen LogP) is 3.78. The van der Waals surface area contributed by atoms with E-state index >= 15 is 0 Å². The fourth-order valence-electron chi connectivity index (χ4n) is 2.04. The van der Waals surface area contributed by atoms with Gasteiger partial charge in [-0.3, -0.25) is 4.79 Å². The van der Waals surface area contributed by atoms with E-state index in [0.29, 0.717) is 5.75 Å². The van der Waals surface area contributed by atoms with Crippen LogP contribution in [0.1, 0.15) is 31.0 Å². The third-order valence-corrected chi connectivity index (χ3v) is 3.43. The molecule has 0 aromatic heterocycles. The summed E-state index contributed by atoms with van der Waals surface area (Å²) in [6.07, 6.45) is -0.654. The van der Waals surface area contributed by atoms with E-state index in [4.69, 9.17) is 4.74 Å². The number of carbonyl (C=O) groups excluding carboxylic acids is 1. The lowest BCUT2D eigenvalue weighted by Crippen LogP contribution is -2.37. The molecule has 0 aliphatic heterocycles. The number of amides is 1. The Morgan fingerprint density at radius 1 is 1.05 bits per heavy atom. The molecule has 0 saturated heterocycles. The molecular formula is C18H20FNO2. The first-order valence-electron chi connectivity index (χ1n) is 7.25. The summed E-state index contributed by atoms with van der Waals surface area (Å²) in [4.78, 5) is 12.2. The molecule has 2 aromatic carbocycles. The number of carbonyl (C=O) groups is 1. The maximum Gasteiger partial charge on any atom is 0.261 e. The number of nitrogens with one attached hydrogen (secondary N) is 1. The lowest BCUT2D eigenvalue weighted by molar-refractivity contribution is -0.127. The highest BCUT2D eigenvalue weighted by atomic mass is 19.1. The average Bonchev–Trinajstić information content (AvgIpc) is 2.50. The molecule has 4 heteroatoms. The molecule has 0 spiro atoms. The Balaban J connectivity index is 1.93. The molecule has 0 bridgehead atoms. The van der Waals surface area contributed by atoms with E-state index in [1.807, 2.05) is 38.1 Å². The number of halogens is 1. The van der Waals surface area contributed by atoms with E-state index in [2.05, 4.69) is 5.32 Å². The van der Waals surface area contributed by atoms with Crippen molar-refractivity contribution >= 4 is 5.91 Å². The Labute approximate surface area is 130 Å². The topological polar surface area (TPSA) is 38.3 Å². The van der Waals surface area contributed by atoms with Crippen molar-refractivity contribution in [3.63, 3.8) is 0 Å². The standard InChI is InChI=1S/C18H20FNO2/c1-12-4-6-15(7-5-12)13(2)20-18(21)14(3)22-17-10-8-16(19)9-11-17/h4-11,13-14H,1-3H3,(H,20,21). The second-order valence-corrected chi connectivity index (χ2v) is 5.35. The van der Waals surface area contributed by atoms with Crippen LogP contribution in [-0.4, -0.2) is 12.0 Å². The lowest BCUT2D eigenvalue weighted by atomic mass is 10.1. The summed E-state index contributed by atoms with van der Waals surface area (Å²) in [6, 6.07) is 13.5. The van der Waals surface area contributed by atoms with Gasteiger partial charge in [0.05, 0.1) is 6.04 Å². The van der Waals surface area contributed by atoms with Gasteiger partial charge in [-0.1, -0.05) is 29.8 Å². The van der Waals surface area contributed by atoms with Gasteiger partial charge in [-0.25, -0.2) is 4.39 Å². The van der Waals surface area contributed by atoms with Crippen molar-refractivity contribution in [3.05, 3.63) is 65.5 Å². The molecule has 2 rings (SSSR count). The average molecular weight is 301 g/mol. The highest BCUT2D eigenvalue weighted by molar-refractivity contribution is 5.81. The molecular weight excluding hydrogens is 281 g/mol. The first kappa shape index (κ1) is 16.0. The fourth-order valence-corrected chi connectivity index (χ4v) is 2.04. The van der Waals surface area contributed by atoms with Gasteiger partial charge in [0.2, 0.25) is 0 Å². The third-order valence-electron chi connectivity index (χ3n) is 3.43. The molecule has 2 aromatic rings. The molecule has 22 heavy (non-hydrogen) atoms. The Morgan fingerprint density at radius 3 is 2.23 bits per heavy atom. The number of rotatable bonds is 5. The van der Waals surface area contributed by atoms with Crippen LogP contribution in [0.2, 0.25) is 0 Å². The van der Waals surface area contributed by atoms with Gasteiger partial charge in [-0.05, 0) is 50.6 Å².